The lowest BCUT2D eigenvalue weighted by Gasteiger charge is -2.09. The van der Waals surface area contributed by atoms with Gasteiger partial charge in [-0.3, -0.25) is 14.9 Å². The number of benzene rings is 2. The average Bonchev–Trinajstić information content (AvgIpc) is 2.96. The highest BCUT2D eigenvalue weighted by molar-refractivity contribution is 6.30. The summed E-state index contributed by atoms with van der Waals surface area (Å²) >= 11 is 5.96. The molecule has 1 heterocycles. The summed E-state index contributed by atoms with van der Waals surface area (Å²) in [4.78, 5) is 22.9. The van der Waals surface area contributed by atoms with E-state index >= 15 is 0 Å². The van der Waals surface area contributed by atoms with Crippen LogP contribution in [0, 0.1) is 30.9 Å². The SMILES string of the molecule is Cc1c(C(=O)N/N=C\c2cc(C)n(-c3ccc(Cl)cc3)c2C)cccc1[N+](=O)[O-]. The van der Waals surface area contributed by atoms with Gasteiger partial charge in [0.15, 0.2) is 0 Å². The lowest BCUT2D eigenvalue weighted by atomic mass is 10.1. The maximum absolute atomic E-state index is 12.4. The molecule has 0 fully saturated rings. The monoisotopic (exact) mass is 410 g/mol. The van der Waals surface area contributed by atoms with E-state index < -0.39 is 10.8 Å². The van der Waals surface area contributed by atoms with Crippen molar-refractivity contribution in [3.8, 4) is 5.69 Å². The van der Waals surface area contributed by atoms with Crippen LogP contribution in [0.25, 0.3) is 5.69 Å². The second kappa shape index (κ2) is 8.28. The fourth-order valence-electron chi connectivity index (χ4n) is 3.19. The number of rotatable bonds is 5. The number of halogens is 1. The molecule has 1 aromatic heterocycles. The Morgan fingerprint density at radius 1 is 1.17 bits per heavy atom. The van der Waals surface area contributed by atoms with Gasteiger partial charge in [-0.25, -0.2) is 5.43 Å². The summed E-state index contributed by atoms with van der Waals surface area (Å²) < 4.78 is 2.06. The summed E-state index contributed by atoms with van der Waals surface area (Å²) in [6, 6.07) is 13.8. The van der Waals surface area contributed by atoms with Crippen molar-refractivity contribution in [2.75, 3.05) is 0 Å². The standard InChI is InChI=1S/C21H19ClN4O3/c1-13-11-16(15(3)25(13)18-9-7-17(22)8-10-18)12-23-24-21(27)19-5-4-6-20(14(19)2)26(28)29/h4-12H,1-3H3,(H,24,27)/b23-12-. The lowest BCUT2D eigenvalue weighted by molar-refractivity contribution is -0.385. The third-order valence-corrected chi connectivity index (χ3v) is 4.92. The third-order valence-electron chi connectivity index (χ3n) is 4.67. The zero-order valence-corrected chi connectivity index (χ0v) is 16.9. The highest BCUT2D eigenvalue weighted by atomic mass is 35.5. The smallest absolute Gasteiger partial charge is 0.273 e. The van der Waals surface area contributed by atoms with Crippen molar-refractivity contribution >= 4 is 29.4 Å². The molecular formula is C21H19ClN4O3. The Labute approximate surface area is 172 Å². The second-order valence-electron chi connectivity index (χ2n) is 6.54. The minimum absolute atomic E-state index is 0.104. The third kappa shape index (κ3) is 4.20. The van der Waals surface area contributed by atoms with Crippen LogP contribution in [0.1, 0.15) is 32.9 Å². The Hall–Kier alpha value is -3.45. The topological polar surface area (TPSA) is 89.5 Å². The zero-order chi connectivity index (χ0) is 21.1. The number of nitrogens with zero attached hydrogens (tertiary/aromatic N) is 3. The summed E-state index contributed by atoms with van der Waals surface area (Å²) in [7, 11) is 0. The van der Waals surface area contributed by atoms with Crippen molar-refractivity contribution in [1.29, 1.82) is 0 Å². The fraction of sp³-hybridized carbons (Fsp3) is 0.143. The number of hydrogen-bond acceptors (Lipinski definition) is 4. The Morgan fingerprint density at radius 3 is 2.52 bits per heavy atom. The maximum Gasteiger partial charge on any atom is 0.273 e. The van der Waals surface area contributed by atoms with E-state index in [1.165, 1.54) is 25.1 Å². The molecule has 1 amide bonds. The average molecular weight is 411 g/mol. The van der Waals surface area contributed by atoms with Crippen molar-refractivity contribution in [3.63, 3.8) is 0 Å². The van der Waals surface area contributed by atoms with E-state index in [1.54, 1.807) is 6.21 Å². The summed E-state index contributed by atoms with van der Waals surface area (Å²) in [6.45, 7) is 5.47. The van der Waals surface area contributed by atoms with Gasteiger partial charge in [-0.05, 0) is 57.2 Å². The first-order valence-corrected chi connectivity index (χ1v) is 9.19. The number of aromatic nitrogens is 1. The predicted molar refractivity (Wildman–Crippen MR) is 113 cm³/mol. The summed E-state index contributed by atoms with van der Waals surface area (Å²) in [5.41, 5.74) is 6.62. The fourth-order valence-corrected chi connectivity index (χ4v) is 3.32. The first kappa shape index (κ1) is 20.3. The Kier molecular flexibility index (Phi) is 5.79. The molecule has 0 saturated carbocycles. The van der Waals surface area contributed by atoms with Crippen LogP contribution < -0.4 is 5.43 Å². The van der Waals surface area contributed by atoms with Crippen LogP contribution in [0.4, 0.5) is 5.69 Å². The van der Waals surface area contributed by atoms with Gasteiger partial charge in [-0.1, -0.05) is 17.7 Å². The molecular weight excluding hydrogens is 392 g/mol. The van der Waals surface area contributed by atoms with Crippen LogP contribution in [0.2, 0.25) is 5.02 Å². The van der Waals surface area contributed by atoms with Crippen molar-refractivity contribution in [2.45, 2.75) is 20.8 Å². The first-order chi connectivity index (χ1) is 13.8. The molecule has 3 aromatic rings. The van der Waals surface area contributed by atoms with Crippen LogP contribution in [-0.4, -0.2) is 21.6 Å². The highest BCUT2D eigenvalue weighted by Gasteiger charge is 2.17. The van der Waals surface area contributed by atoms with Crippen LogP contribution in [0.5, 0.6) is 0 Å². The molecule has 0 aliphatic heterocycles. The van der Waals surface area contributed by atoms with Crippen LogP contribution in [-0.2, 0) is 0 Å². The molecule has 0 aliphatic rings. The van der Waals surface area contributed by atoms with Gasteiger partial charge in [0.05, 0.1) is 16.7 Å². The number of hydrogen-bond donors (Lipinski definition) is 1. The molecule has 0 atom stereocenters. The lowest BCUT2D eigenvalue weighted by Crippen LogP contribution is -2.19. The van der Waals surface area contributed by atoms with Crippen molar-refractivity contribution < 1.29 is 9.72 Å². The zero-order valence-electron chi connectivity index (χ0n) is 16.1. The van der Waals surface area contributed by atoms with Crippen molar-refractivity contribution in [2.24, 2.45) is 5.10 Å². The summed E-state index contributed by atoms with van der Waals surface area (Å²) in [6.07, 6.45) is 1.55. The molecule has 2 aromatic carbocycles. The van der Waals surface area contributed by atoms with Gasteiger partial charge in [-0.15, -0.1) is 0 Å². The van der Waals surface area contributed by atoms with Gasteiger partial charge in [0, 0.05) is 39.3 Å². The van der Waals surface area contributed by atoms with Gasteiger partial charge >= 0.3 is 0 Å². The van der Waals surface area contributed by atoms with E-state index in [2.05, 4.69) is 15.1 Å². The molecule has 29 heavy (non-hydrogen) atoms. The molecule has 0 aliphatic carbocycles. The largest absolute Gasteiger partial charge is 0.318 e. The van der Waals surface area contributed by atoms with Gasteiger partial charge in [-0.2, -0.15) is 5.10 Å². The van der Waals surface area contributed by atoms with Gasteiger partial charge in [0.2, 0.25) is 0 Å². The van der Waals surface area contributed by atoms with E-state index in [1.807, 2.05) is 44.2 Å². The summed E-state index contributed by atoms with van der Waals surface area (Å²) in [5, 5.41) is 15.7. The van der Waals surface area contributed by atoms with E-state index in [0.717, 1.165) is 22.6 Å². The Balaban J connectivity index is 1.80. The number of nitro benzene ring substituents is 1. The van der Waals surface area contributed by atoms with E-state index in [4.69, 9.17) is 11.6 Å². The van der Waals surface area contributed by atoms with E-state index in [9.17, 15) is 14.9 Å². The van der Waals surface area contributed by atoms with Gasteiger partial charge in [0.1, 0.15) is 0 Å². The Bertz CT molecular complexity index is 1120. The number of amides is 1. The number of carbonyl (C=O) groups is 1. The predicted octanol–water partition coefficient (Wildman–Crippen LogP) is 4.73. The van der Waals surface area contributed by atoms with Crippen LogP contribution in [0.15, 0.2) is 53.6 Å². The summed E-state index contributed by atoms with van der Waals surface area (Å²) in [5.74, 6) is -0.506. The number of nitrogens with one attached hydrogen (secondary N) is 1. The first-order valence-electron chi connectivity index (χ1n) is 8.82. The molecule has 1 N–H and O–H groups in total. The molecule has 0 spiro atoms. The molecule has 148 valence electrons. The molecule has 0 bridgehead atoms. The quantitative estimate of drug-likeness (QED) is 0.374. The molecule has 0 radical (unpaired) electrons. The van der Waals surface area contributed by atoms with Gasteiger partial charge in [0.25, 0.3) is 11.6 Å². The highest BCUT2D eigenvalue weighted by Crippen LogP contribution is 2.22. The molecule has 7 nitrogen and oxygen atoms in total. The normalized spacial score (nSPS) is 11.0. The number of carbonyl (C=O) groups excluding carboxylic acids is 1. The number of nitro groups is 1. The molecule has 3 rings (SSSR count). The minimum Gasteiger partial charge on any atom is -0.318 e. The maximum atomic E-state index is 12.4. The second-order valence-corrected chi connectivity index (χ2v) is 6.98. The van der Waals surface area contributed by atoms with E-state index in [-0.39, 0.29) is 11.3 Å². The molecule has 8 heteroatoms. The molecule has 0 saturated heterocycles. The molecule has 0 unspecified atom stereocenters. The Morgan fingerprint density at radius 2 is 1.86 bits per heavy atom. The minimum atomic E-state index is -0.513. The van der Waals surface area contributed by atoms with Crippen molar-refractivity contribution in [1.82, 2.24) is 9.99 Å². The number of aryl methyl sites for hydroxylation is 1. The number of hydrazone groups is 1. The van der Waals surface area contributed by atoms with Gasteiger partial charge < -0.3 is 4.57 Å². The van der Waals surface area contributed by atoms with Crippen molar-refractivity contribution in [3.05, 3.63) is 91.7 Å². The van der Waals surface area contributed by atoms with Crippen LogP contribution >= 0.6 is 11.6 Å². The van der Waals surface area contributed by atoms with E-state index in [0.29, 0.717) is 10.6 Å². The van der Waals surface area contributed by atoms with Crippen LogP contribution in [0.3, 0.4) is 0 Å².